The summed E-state index contributed by atoms with van der Waals surface area (Å²) < 4.78 is 0. The van der Waals surface area contributed by atoms with Crippen LogP contribution in [0.1, 0.15) is 49.9 Å². The summed E-state index contributed by atoms with van der Waals surface area (Å²) in [6.07, 6.45) is 10.4. The molecule has 1 aliphatic rings. The molecule has 1 atom stereocenters. The Kier molecular flexibility index (Phi) is 4.32. The van der Waals surface area contributed by atoms with Crippen molar-refractivity contribution in [3.05, 3.63) is 41.2 Å². The van der Waals surface area contributed by atoms with Gasteiger partial charge in [0.25, 0.3) is 0 Å². The van der Waals surface area contributed by atoms with Crippen molar-refractivity contribution < 1.29 is 0 Å². The summed E-state index contributed by atoms with van der Waals surface area (Å²) in [5, 5.41) is 3.43. The fraction of sp³-hybridized carbons (Fsp3) is 0.533. The standard InChI is InChI=1S/C15H22N2/c1-3-12-10-7-11-17-15(12)14(16-2)13-8-5-4-6-9-13/h7-8,10-11,14,16H,3-6,9H2,1-2H3. The zero-order valence-corrected chi connectivity index (χ0v) is 10.9. The van der Waals surface area contributed by atoms with Gasteiger partial charge < -0.3 is 5.32 Å². The highest BCUT2D eigenvalue weighted by Gasteiger charge is 2.19. The first-order chi connectivity index (χ1) is 8.36. The van der Waals surface area contributed by atoms with Crippen LogP contribution in [0.25, 0.3) is 0 Å². The van der Waals surface area contributed by atoms with E-state index in [1.165, 1.54) is 42.5 Å². The summed E-state index contributed by atoms with van der Waals surface area (Å²) in [4.78, 5) is 4.59. The molecular weight excluding hydrogens is 208 g/mol. The molecule has 0 spiro atoms. The van der Waals surface area contributed by atoms with Crippen molar-refractivity contribution in [3.63, 3.8) is 0 Å². The summed E-state index contributed by atoms with van der Waals surface area (Å²) in [7, 11) is 2.04. The van der Waals surface area contributed by atoms with Gasteiger partial charge in [-0.3, -0.25) is 4.98 Å². The monoisotopic (exact) mass is 230 g/mol. The highest BCUT2D eigenvalue weighted by Crippen LogP contribution is 2.30. The summed E-state index contributed by atoms with van der Waals surface area (Å²) in [5.74, 6) is 0. The van der Waals surface area contributed by atoms with Crippen LogP contribution in [0.3, 0.4) is 0 Å². The third kappa shape index (κ3) is 2.75. The van der Waals surface area contributed by atoms with Gasteiger partial charge in [-0.1, -0.05) is 24.6 Å². The lowest BCUT2D eigenvalue weighted by Crippen LogP contribution is -2.22. The molecular formula is C15H22N2. The number of nitrogens with one attached hydrogen (secondary N) is 1. The first-order valence-electron chi connectivity index (χ1n) is 6.66. The second-order valence-corrected chi connectivity index (χ2v) is 4.65. The molecule has 1 aromatic rings. The van der Waals surface area contributed by atoms with Gasteiger partial charge in [-0.2, -0.15) is 0 Å². The van der Waals surface area contributed by atoms with E-state index in [1.54, 1.807) is 0 Å². The highest BCUT2D eigenvalue weighted by atomic mass is 14.9. The largest absolute Gasteiger partial charge is 0.308 e. The van der Waals surface area contributed by atoms with E-state index in [1.807, 2.05) is 19.3 Å². The van der Waals surface area contributed by atoms with Crippen molar-refractivity contribution >= 4 is 0 Å². The van der Waals surface area contributed by atoms with Crippen LogP contribution in [0.5, 0.6) is 0 Å². The lowest BCUT2D eigenvalue weighted by Gasteiger charge is -2.24. The van der Waals surface area contributed by atoms with Crippen LogP contribution in [0.2, 0.25) is 0 Å². The van der Waals surface area contributed by atoms with Crippen LogP contribution < -0.4 is 5.32 Å². The average molecular weight is 230 g/mol. The Morgan fingerprint density at radius 3 is 2.94 bits per heavy atom. The number of allylic oxidation sites excluding steroid dienone is 1. The van der Waals surface area contributed by atoms with Gasteiger partial charge in [-0.15, -0.1) is 0 Å². The van der Waals surface area contributed by atoms with Gasteiger partial charge >= 0.3 is 0 Å². The van der Waals surface area contributed by atoms with Gasteiger partial charge in [-0.05, 0) is 50.8 Å². The molecule has 2 nitrogen and oxygen atoms in total. The van der Waals surface area contributed by atoms with Crippen LogP contribution in [0.4, 0.5) is 0 Å². The number of pyridine rings is 1. The highest BCUT2D eigenvalue weighted by molar-refractivity contribution is 5.30. The van der Waals surface area contributed by atoms with E-state index >= 15 is 0 Å². The quantitative estimate of drug-likeness (QED) is 0.802. The van der Waals surface area contributed by atoms with Gasteiger partial charge in [-0.25, -0.2) is 0 Å². The molecule has 0 fully saturated rings. The Labute approximate surface area is 104 Å². The van der Waals surface area contributed by atoms with Crippen LogP contribution in [-0.4, -0.2) is 12.0 Å². The molecule has 2 rings (SSSR count). The van der Waals surface area contributed by atoms with E-state index in [0.29, 0.717) is 6.04 Å². The van der Waals surface area contributed by atoms with E-state index in [-0.39, 0.29) is 0 Å². The summed E-state index contributed by atoms with van der Waals surface area (Å²) in [6, 6.07) is 4.53. The molecule has 1 unspecified atom stereocenters. The number of aromatic nitrogens is 1. The Morgan fingerprint density at radius 1 is 1.41 bits per heavy atom. The van der Waals surface area contributed by atoms with Gasteiger partial charge in [0.15, 0.2) is 0 Å². The van der Waals surface area contributed by atoms with Crippen molar-refractivity contribution in [1.29, 1.82) is 0 Å². The molecule has 0 aliphatic heterocycles. The molecule has 17 heavy (non-hydrogen) atoms. The smallest absolute Gasteiger partial charge is 0.0711 e. The molecule has 1 aromatic heterocycles. The third-order valence-corrected chi connectivity index (χ3v) is 3.57. The van der Waals surface area contributed by atoms with E-state index in [0.717, 1.165) is 6.42 Å². The minimum atomic E-state index is 0.312. The number of rotatable bonds is 4. The van der Waals surface area contributed by atoms with Gasteiger partial charge in [0, 0.05) is 6.20 Å². The SMILES string of the molecule is CCc1cccnc1C(NC)C1=CCCCC1. The lowest BCUT2D eigenvalue weighted by molar-refractivity contribution is 0.579. The van der Waals surface area contributed by atoms with Crippen molar-refractivity contribution in [2.24, 2.45) is 0 Å². The van der Waals surface area contributed by atoms with E-state index < -0.39 is 0 Å². The Morgan fingerprint density at radius 2 is 2.29 bits per heavy atom. The first-order valence-corrected chi connectivity index (χ1v) is 6.66. The Bertz CT molecular complexity index is 396. The van der Waals surface area contributed by atoms with Crippen molar-refractivity contribution in [2.75, 3.05) is 7.05 Å². The molecule has 0 aromatic carbocycles. The Hall–Kier alpha value is -1.15. The maximum atomic E-state index is 4.59. The zero-order chi connectivity index (χ0) is 12.1. The fourth-order valence-electron chi connectivity index (χ4n) is 2.63. The maximum Gasteiger partial charge on any atom is 0.0711 e. The predicted molar refractivity (Wildman–Crippen MR) is 72.0 cm³/mol. The average Bonchev–Trinajstić information content (AvgIpc) is 2.41. The van der Waals surface area contributed by atoms with Crippen molar-refractivity contribution in [1.82, 2.24) is 10.3 Å². The van der Waals surface area contributed by atoms with Crippen molar-refractivity contribution in [3.8, 4) is 0 Å². The molecule has 0 amide bonds. The number of nitrogens with zero attached hydrogens (tertiary/aromatic N) is 1. The van der Waals surface area contributed by atoms with Crippen LogP contribution in [-0.2, 0) is 6.42 Å². The normalized spacial score (nSPS) is 17.6. The van der Waals surface area contributed by atoms with Crippen LogP contribution >= 0.6 is 0 Å². The summed E-state index contributed by atoms with van der Waals surface area (Å²) in [6.45, 7) is 2.20. The van der Waals surface area contributed by atoms with E-state index in [4.69, 9.17) is 0 Å². The number of hydrogen-bond donors (Lipinski definition) is 1. The van der Waals surface area contributed by atoms with Gasteiger partial charge in [0.1, 0.15) is 0 Å². The molecule has 0 radical (unpaired) electrons. The first kappa shape index (κ1) is 12.3. The van der Waals surface area contributed by atoms with Crippen LogP contribution in [0.15, 0.2) is 30.0 Å². The second kappa shape index (κ2) is 5.97. The van der Waals surface area contributed by atoms with Crippen LogP contribution in [0, 0.1) is 0 Å². The molecule has 1 heterocycles. The molecule has 0 saturated heterocycles. The van der Waals surface area contributed by atoms with E-state index in [2.05, 4.69) is 29.4 Å². The number of aryl methyl sites for hydroxylation is 1. The zero-order valence-electron chi connectivity index (χ0n) is 10.9. The molecule has 2 heteroatoms. The molecule has 0 saturated carbocycles. The maximum absolute atomic E-state index is 4.59. The molecule has 1 N–H and O–H groups in total. The topological polar surface area (TPSA) is 24.9 Å². The number of likely N-dealkylation sites (N-methyl/N-ethyl adjacent to an activating group) is 1. The van der Waals surface area contributed by atoms with Gasteiger partial charge in [0.2, 0.25) is 0 Å². The molecule has 0 bridgehead atoms. The fourth-order valence-corrected chi connectivity index (χ4v) is 2.63. The second-order valence-electron chi connectivity index (χ2n) is 4.65. The minimum absolute atomic E-state index is 0.312. The summed E-state index contributed by atoms with van der Waals surface area (Å²) >= 11 is 0. The summed E-state index contributed by atoms with van der Waals surface area (Å²) in [5.41, 5.74) is 4.09. The minimum Gasteiger partial charge on any atom is -0.308 e. The number of hydrogen-bond acceptors (Lipinski definition) is 2. The van der Waals surface area contributed by atoms with Crippen molar-refractivity contribution in [2.45, 2.75) is 45.1 Å². The molecule has 92 valence electrons. The lowest BCUT2D eigenvalue weighted by atomic mass is 9.90. The third-order valence-electron chi connectivity index (χ3n) is 3.57. The molecule has 1 aliphatic carbocycles. The van der Waals surface area contributed by atoms with E-state index in [9.17, 15) is 0 Å². The van der Waals surface area contributed by atoms with Gasteiger partial charge in [0.05, 0.1) is 11.7 Å². The predicted octanol–water partition coefficient (Wildman–Crippen LogP) is 3.40. The Balaban J connectivity index is 2.31.